The van der Waals surface area contributed by atoms with Crippen molar-refractivity contribution >= 4 is 29.1 Å². The van der Waals surface area contributed by atoms with Crippen LogP contribution in [0.3, 0.4) is 0 Å². The monoisotopic (exact) mass is 374 g/mol. The minimum absolute atomic E-state index is 0.0399. The Kier molecular flexibility index (Phi) is 6.16. The molecule has 0 fully saturated rings. The Labute approximate surface area is 146 Å². The summed E-state index contributed by atoms with van der Waals surface area (Å²) in [7, 11) is 1.50. The van der Waals surface area contributed by atoms with Gasteiger partial charge in [0.05, 0.1) is 23.4 Å². The molecule has 0 unspecified atom stereocenters. The molecular formula is C15H14ClF3N4O2. The van der Waals surface area contributed by atoms with Crippen LogP contribution in [0.15, 0.2) is 30.6 Å². The molecule has 0 radical (unpaired) electrons. The van der Waals surface area contributed by atoms with Gasteiger partial charge in [-0.1, -0.05) is 11.6 Å². The number of amides is 1. The smallest absolute Gasteiger partial charge is 0.383 e. The van der Waals surface area contributed by atoms with Gasteiger partial charge < -0.3 is 15.4 Å². The molecule has 0 aliphatic rings. The molecule has 0 saturated carbocycles. The first-order valence-corrected chi connectivity index (χ1v) is 7.42. The van der Waals surface area contributed by atoms with Crippen LogP contribution in [-0.4, -0.2) is 36.1 Å². The number of ether oxygens (including phenoxy) is 1. The van der Waals surface area contributed by atoms with Crippen molar-refractivity contribution < 1.29 is 22.7 Å². The maximum Gasteiger partial charge on any atom is 0.418 e. The Bertz CT molecular complexity index is 739. The zero-order valence-electron chi connectivity index (χ0n) is 13.0. The van der Waals surface area contributed by atoms with E-state index >= 15 is 0 Å². The fraction of sp³-hybridized carbons (Fsp3) is 0.267. The molecule has 2 aromatic rings. The molecule has 0 bridgehead atoms. The first-order valence-electron chi connectivity index (χ1n) is 7.04. The number of benzene rings is 1. The highest BCUT2D eigenvalue weighted by Gasteiger charge is 2.34. The Morgan fingerprint density at radius 2 is 1.96 bits per heavy atom. The second-order valence-electron chi connectivity index (χ2n) is 4.86. The molecule has 0 aliphatic carbocycles. The highest BCUT2D eigenvalue weighted by atomic mass is 35.5. The number of carbonyl (C=O) groups is 1. The summed E-state index contributed by atoms with van der Waals surface area (Å²) in [5, 5.41) is 5.01. The van der Waals surface area contributed by atoms with Crippen LogP contribution in [0.5, 0.6) is 0 Å². The van der Waals surface area contributed by atoms with E-state index in [2.05, 4.69) is 20.6 Å². The predicted molar refractivity (Wildman–Crippen MR) is 86.0 cm³/mol. The van der Waals surface area contributed by atoms with E-state index in [1.807, 2.05) is 0 Å². The number of alkyl halides is 3. The maximum atomic E-state index is 13.0. The van der Waals surface area contributed by atoms with Crippen molar-refractivity contribution in [2.45, 2.75) is 6.18 Å². The van der Waals surface area contributed by atoms with Gasteiger partial charge in [-0.2, -0.15) is 13.2 Å². The number of aromatic nitrogens is 2. The van der Waals surface area contributed by atoms with Gasteiger partial charge in [-0.15, -0.1) is 0 Å². The number of halogens is 4. The molecule has 0 aliphatic heterocycles. The van der Waals surface area contributed by atoms with E-state index in [0.29, 0.717) is 13.2 Å². The zero-order chi connectivity index (χ0) is 18.4. The van der Waals surface area contributed by atoms with Gasteiger partial charge in [-0.25, -0.2) is 9.97 Å². The van der Waals surface area contributed by atoms with Gasteiger partial charge in [0.15, 0.2) is 0 Å². The second kappa shape index (κ2) is 8.13. The van der Waals surface area contributed by atoms with Gasteiger partial charge in [0.1, 0.15) is 0 Å². The van der Waals surface area contributed by atoms with Crippen LogP contribution >= 0.6 is 11.6 Å². The Hall–Kier alpha value is -2.39. The van der Waals surface area contributed by atoms with Crippen molar-refractivity contribution in [3.8, 4) is 0 Å². The summed E-state index contributed by atoms with van der Waals surface area (Å²) >= 11 is 5.62. The molecule has 1 aromatic heterocycles. The van der Waals surface area contributed by atoms with Crippen LogP contribution in [0.4, 0.5) is 24.8 Å². The summed E-state index contributed by atoms with van der Waals surface area (Å²) in [5.74, 6) is -0.493. The fourth-order valence-electron chi connectivity index (χ4n) is 1.86. The molecule has 1 aromatic carbocycles. The van der Waals surface area contributed by atoms with Crippen LogP contribution in [0.1, 0.15) is 15.9 Å². The number of nitrogens with zero attached hydrogens (tertiary/aromatic N) is 2. The number of nitrogens with one attached hydrogen (secondary N) is 2. The summed E-state index contributed by atoms with van der Waals surface area (Å²) in [4.78, 5) is 19.5. The van der Waals surface area contributed by atoms with Crippen molar-refractivity contribution in [2.24, 2.45) is 0 Å². The SMILES string of the molecule is COCCNC(=O)c1cnc(Nc2ccc(Cl)cc2C(F)(F)F)nc1. The third kappa shape index (κ3) is 5.30. The molecular weight excluding hydrogens is 361 g/mol. The van der Waals surface area contributed by atoms with Gasteiger partial charge in [0.2, 0.25) is 5.95 Å². The van der Waals surface area contributed by atoms with E-state index in [9.17, 15) is 18.0 Å². The Morgan fingerprint density at radius 1 is 1.28 bits per heavy atom. The zero-order valence-corrected chi connectivity index (χ0v) is 13.8. The average Bonchev–Trinajstić information content (AvgIpc) is 2.56. The fourth-order valence-corrected chi connectivity index (χ4v) is 2.03. The summed E-state index contributed by atoms with van der Waals surface area (Å²) < 4.78 is 43.9. The number of hydrogen-bond donors (Lipinski definition) is 2. The maximum absolute atomic E-state index is 13.0. The molecule has 0 saturated heterocycles. The average molecular weight is 375 g/mol. The van der Waals surface area contributed by atoms with Crippen LogP contribution in [0.2, 0.25) is 5.02 Å². The van der Waals surface area contributed by atoms with Crippen molar-refractivity contribution in [1.29, 1.82) is 0 Å². The van der Waals surface area contributed by atoms with Gasteiger partial charge in [0, 0.05) is 31.1 Å². The topological polar surface area (TPSA) is 76.1 Å². The van der Waals surface area contributed by atoms with Crippen molar-refractivity contribution in [1.82, 2.24) is 15.3 Å². The third-order valence-corrected chi connectivity index (χ3v) is 3.27. The summed E-state index contributed by atoms with van der Waals surface area (Å²) in [6.07, 6.45) is -2.17. The number of methoxy groups -OCH3 is 1. The highest BCUT2D eigenvalue weighted by molar-refractivity contribution is 6.30. The minimum atomic E-state index is -4.59. The molecule has 1 heterocycles. The van der Waals surface area contributed by atoms with Crippen LogP contribution in [0, 0.1) is 0 Å². The Morgan fingerprint density at radius 3 is 2.56 bits per heavy atom. The van der Waals surface area contributed by atoms with E-state index in [4.69, 9.17) is 16.3 Å². The van der Waals surface area contributed by atoms with E-state index in [0.717, 1.165) is 6.07 Å². The Balaban J connectivity index is 2.13. The van der Waals surface area contributed by atoms with Crippen LogP contribution < -0.4 is 10.6 Å². The lowest BCUT2D eigenvalue weighted by atomic mass is 10.1. The number of anilines is 2. The molecule has 6 nitrogen and oxygen atoms in total. The van der Waals surface area contributed by atoms with Gasteiger partial charge >= 0.3 is 6.18 Å². The number of rotatable bonds is 6. The second-order valence-corrected chi connectivity index (χ2v) is 5.29. The van der Waals surface area contributed by atoms with E-state index in [1.54, 1.807) is 0 Å². The van der Waals surface area contributed by atoms with E-state index < -0.39 is 17.6 Å². The van der Waals surface area contributed by atoms with Gasteiger partial charge in [0.25, 0.3) is 5.91 Å². The van der Waals surface area contributed by atoms with Gasteiger partial charge in [-0.3, -0.25) is 4.79 Å². The minimum Gasteiger partial charge on any atom is -0.383 e. The van der Waals surface area contributed by atoms with Gasteiger partial charge in [-0.05, 0) is 18.2 Å². The number of hydrogen-bond acceptors (Lipinski definition) is 5. The van der Waals surface area contributed by atoms with Crippen molar-refractivity contribution in [3.63, 3.8) is 0 Å². The molecule has 134 valence electrons. The molecule has 0 atom stereocenters. The van der Waals surface area contributed by atoms with E-state index in [1.165, 1.54) is 31.6 Å². The molecule has 10 heteroatoms. The summed E-state index contributed by atoms with van der Waals surface area (Å²) in [6, 6.07) is 3.30. The largest absolute Gasteiger partial charge is 0.418 e. The quantitative estimate of drug-likeness (QED) is 0.759. The first-order chi connectivity index (χ1) is 11.8. The van der Waals surface area contributed by atoms with Crippen LogP contribution in [-0.2, 0) is 10.9 Å². The number of carbonyl (C=O) groups excluding carboxylic acids is 1. The lowest BCUT2D eigenvalue weighted by Gasteiger charge is -2.14. The van der Waals surface area contributed by atoms with E-state index in [-0.39, 0.29) is 22.2 Å². The summed E-state index contributed by atoms with van der Waals surface area (Å²) in [6.45, 7) is 0.665. The lowest BCUT2D eigenvalue weighted by Crippen LogP contribution is -2.27. The molecule has 0 spiro atoms. The third-order valence-electron chi connectivity index (χ3n) is 3.04. The first kappa shape index (κ1) is 18.9. The molecule has 2 N–H and O–H groups in total. The predicted octanol–water partition coefficient (Wildman–Crippen LogP) is 3.27. The lowest BCUT2D eigenvalue weighted by molar-refractivity contribution is -0.136. The molecule has 2 rings (SSSR count). The highest BCUT2D eigenvalue weighted by Crippen LogP contribution is 2.37. The molecule has 1 amide bonds. The van der Waals surface area contributed by atoms with Crippen LogP contribution in [0.25, 0.3) is 0 Å². The summed E-state index contributed by atoms with van der Waals surface area (Å²) in [5.41, 5.74) is -1.01. The normalized spacial score (nSPS) is 11.2. The van der Waals surface area contributed by atoms with Crippen molar-refractivity contribution in [3.05, 3.63) is 46.7 Å². The van der Waals surface area contributed by atoms with Crippen molar-refractivity contribution in [2.75, 3.05) is 25.6 Å². The standard InChI is InChI=1S/C15H14ClF3N4O2/c1-25-5-4-20-13(24)9-7-21-14(22-8-9)23-12-3-2-10(16)6-11(12)15(17,18)19/h2-3,6-8H,4-5H2,1H3,(H,20,24)(H,21,22,23). The molecule has 25 heavy (non-hydrogen) atoms.